The minimum Gasteiger partial charge on any atom is -0.349 e. The van der Waals surface area contributed by atoms with Crippen molar-refractivity contribution < 1.29 is 4.79 Å². The lowest BCUT2D eigenvalue weighted by molar-refractivity contribution is -0.116. The highest BCUT2D eigenvalue weighted by atomic mass is 16.1. The molecule has 0 bridgehead atoms. The molecule has 15 heavy (non-hydrogen) atoms. The number of nitrogens with zero attached hydrogens (tertiary/aromatic N) is 1. The second-order valence-electron chi connectivity index (χ2n) is 3.20. The van der Waals surface area contributed by atoms with Gasteiger partial charge in [0.2, 0.25) is 5.95 Å². The van der Waals surface area contributed by atoms with Crippen molar-refractivity contribution in [3.05, 3.63) is 24.3 Å². The molecule has 1 heterocycles. The largest absolute Gasteiger partial charge is 0.349 e. The molecule has 78 valence electrons. The molecule has 0 aliphatic carbocycles. The number of carbonyl (C=O) groups is 1. The molecule has 2 aromatic rings. The number of ketones is 1. The third-order valence-corrected chi connectivity index (χ3v) is 2.07. The van der Waals surface area contributed by atoms with Gasteiger partial charge in [-0.1, -0.05) is 12.1 Å². The third kappa shape index (κ3) is 2.13. The molecule has 0 saturated carbocycles. The Morgan fingerprint density at radius 3 is 3.00 bits per heavy atom. The van der Waals surface area contributed by atoms with Crippen LogP contribution in [0.5, 0.6) is 0 Å². The summed E-state index contributed by atoms with van der Waals surface area (Å²) in [7, 11) is 0. The molecule has 0 amide bonds. The van der Waals surface area contributed by atoms with Crippen molar-refractivity contribution in [2.75, 3.05) is 18.4 Å². The van der Waals surface area contributed by atoms with Gasteiger partial charge in [-0.15, -0.1) is 0 Å². The zero-order valence-corrected chi connectivity index (χ0v) is 8.16. The number of fused-ring (bicyclic) bond motifs is 1. The van der Waals surface area contributed by atoms with E-state index in [4.69, 9.17) is 5.73 Å². The van der Waals surface area contributed by atoms with Crippen molar-refractivity contribution in [1.29, 1.82) is 0 Å². The number of H-pyrrole nitrogens is 1. The molecular weight excluding hydrogens is 192 g/mol. The van der Waals surface area contributed by atoms with E-state index in [1.165, 1.54) is 0 Å². The minimum atomic E-state index is -0.0459. The van der Waals surface area contributed by atoms with E-state index >= 15 is 0 Å². The van der Waals surface area contributed by atoms with Crippen LogP contribution in [-0.2, 0) is 4.79 Å². The van der Waals surface area contributed by atoms with Crippen LogP contribution in [0.25, 0.3) is 11.0 Å². The summed E-state index contributed by atoms with van der Waals surface area (Å²) in [5.41, 5.74) is 7.01. The van der Waals surface area contributed by atoms with Crippen molar-refractivity contribution in [2.24, 2.45) is 5.73 Å². The Balaban J connectivity index is 2.12. The quantitative estimate of drug-likeness (QED) is 0.677. The Kier molecular flexibility index (Phi) is 2.64. The van der Waals surface area contributed by atoms with Gasteiger partial charge in [-0.25, -0.2) is 4.98 Å². The number of aromatic nitrogens is 2. The zero-order valence-electron chi connectivity index (χ0n) is 8.16. The second kappa shape index (κ2) is 4.10. The van der Waals surface area contributed by atoms with Gasteiger partial charge in [0, 0.05) is 0 Å². The number of anilines is 1. The number of imidazole rings is 1. The fraction of sp³-hybridized carbons (Fsp3) is 0.200. The lowest BCUT2D eigenvalue weighted by atomic mass is 10.3. The van der Waals surface area contributed by atoms with Gasteiger partial charge in [-0.05, 0) is 12.1 Å². The maximum absolute atomic E-state index is 11.0. The van der Waals surface area contributed by atoms with Crippen LogP contribution >= 0.6 is 0 Å². The Bertz CT molecular complexity index is 444. The first-order valence-electron chi connectivity index (χ1n) is 4.70. The number of Topliss-reactive ketones (excluding diaryl/α,β-unsaturated/α-hetero) is 1. The highest BCUT2D eigenvalue weighted by molar-refractivity contribution is 5.85. The molecule has 2 rings (SSSR count). The third-order valence-electron chi connectivity index (χ3n) is 2.07. The number of nitrogens with one attached hydrogen (secondary N) is 2. The molecule has 4 N–H and O–H groups in total. The first kappa shape index (κ1) is 9.67. The molecule has 5 heteroatoms. The summed E-state index contributed by atoms with van der Waals surface area (Å²) in [6.07, 6.45) is 0. The van der Waals surface area contributed by atoms with Gasteiger partial charge >= 0.3 is 0 Å². The molecule has 1 aromatic carbocycles. The van der Waals surface area contributed by atoms with Gasteiger partial charge < -0.3 is 16.0 Å². The van der Waals surface area contributed by atoms with E-state index in [0.717, 1.165) is 11.0 Å². The van der Waals surface area contributed by atoms with Crippen LogP contribution in [-0.4, -0.2) is 28.8 Å². The van der Waals surface area contributed by atoms with E-state index in [9.17, 15) is 4.79 Å². The van der Waals surface area contributed by atoms with E-state index in [0.29, 0.717) is 5.95 Å². The van der Waals surface area contributed by atoms with Crippen molar-refractivity contribution >= 4 is 22.8 Å². The number of aromatic amines is 1. The van der Waals surface area contributed by atoms with E-state index in [-0.39, 0.29) is 18.9 Å². The average Bonchev–Trinajstić information content (AvgIpc) is 2.68. The number of benzene rings is 1. The molecule has 0 spiro atoms. The van der Waals surface area contributed by atoms with Gasteiger partial charge in [0.05, 0.1) is 24.1 Å². The summed E-state index contributed by atoms with van der Waals surface area (Å²) in [5.74, 6) is 0.549. The van der Waals surface area contributed by atoms with E-state index in [1.54, 1.807) is 0 Å². The highest BCUT2D eigenvalue weighted by Gasteiger charge is 2.02. The summed E-state index contributed by atoms with van der Waals surface area (Å²) < 4.78 is 0. The molecule has 0 fully saturated rings. The Morgan fingerprint density at radius 2 is 2.27 bits per heavy atom. The Labute approximate surface area is 86.7 Å². The number of carbonyl (C=O) groups excluding carboxylic acids is 1. The molecule has 0 radical (unpaired) electrons. The number of para-hydroxylation sites is 2. The fourth-order valence-corrected chi connectivity index (χ4v) is 1.29. The van der Waals surface area contributed by atoms with Gasteiger partial charge in [0.15, 0.2) is 5.78 Å². The second-order valence-corrected chi connectivity index (χ2v) is 3.20. The van der Waals surface area contributed by atoms with Crippen molar-refractivity contribution in [2.45, 2.75) is 0 Å². The van der Waals surface area contributed by atoms with Gasteiger partial charge in [0.25, 0.3) is 0 Å². The number of rotatable bonds is 4. The number of hydrogen-bond donors (Lipinski definition) is 3. The van der Waals surface area contributed by atoms with Crippen molar-refractivity contribution in [3.63, 3.8) is 0 Å². The van der Waals surface area contributed by atoms with Crippen LogP contribution in [0.15, 0.2) is 24.3 Å². The lowest BCUT2D eigenvalue weighted by Gasteiger charge is -1.98. The summed E-state index contributed by atoms with van der Waals surface area (Å²) in [6, 6.07) is 7.67. The molecule has 0 aliphatic rings. The van der Waals surface area contributed by atoms with E-state index in [2.05, 4.69) is 15.3 Å². The normalized spacial score (nSPS) is 10.5. The first-order chi connectivity index (χ1) is 7.29. The van der Waals surface area contributed by atoms with Gasteiger partial charge in [0.1, 0.15) is 0 Å². The highest BCUT2D eigenvalue weighted by Crippen LogP contribution is 2.12. The summed E-state index contributed by atoms with van der Waals surface area (Å²) >= 11 is 0. The predicted molar refractivity (Wildman–Crippen MR) is 58.6 cm³/mol. The molecule has 0 unspecified atom stereocenters. The minimum absolute atomic E-state index is 0.0459. The van der Waals surface area contributed by atoms with E-state index in [1.807, 2.05) is 24.3 Å². The predicted octanol–water partition coefficient (Wildman–Crippen LogP) is 0.503. The first-order valence-corrected chi connectivity index (χ1v) is 4.70. The lowest BCUT2D eigenvalue weighted by Crippen LogP contribution is -2.22. The summed E-state index contributed by atoms with van der Waals surface area (Å²) in [5, 5.41) is 2.89. The molecular formula is C10H12N4O. The van der Waals surface area contributed by atoms with E-state index < -0.39 is 0 Å². The summed E-state index contributed by atoms with van der Waals surface area (Å²) in [4.78, 5) is 18.3. The summed E-state index contributed by atoms with van der Waals surface area (Å²) in [6.45, 7) is 0.254. The van der Waals surface area contributed by atoms with Crippen molar-refractivity contribution in [1.82, 2.24) is 9.97 Å². The molecule has 0 aliphatic heterocycles. The molecule has 0 saturated heterocycles. The number of hydrogen-bond acceptors (Lipinski definition) is 4. The van der Waals surface area contributed by atoms with Crippen LogP contribution in [0.1, 0.15) is 0 Å². The van der Waals surface area contributed by atoms with Gasteiger partial charge in [-0.2, -0.15) is 0 Å². The average molecular weight is 204 g/mol. The van der Waals surface area contributed by atoms with Crippen LogP contribution in [0, 0.1) is 0 Å². The SMILES string of the molecule is NCC(=O)CNc1nc2ccccc2[nH]1. The molecule has 0 atom stereocenters. The maximum Gasteiger partial charge on any atom is 0.201 e. The zero-order chi connectivity index (χ0) is 10.7. The van der Waals surface area contributed by atoms with Gasteiger partial charge in [-0.3, -0.25) is 4.79 Å². The van der Waals surface area contributed by atoms with Crippen LogP contribution < -0.4 is 11.1 Å². The van der Waals surface area contributed by atoms with Crippen LogP contribution in [0.3, 0.4) is 0 Å². The Morgan fingerprint density at radius 1 is 1.47 bits per heavy atom. The monoisotopic (exact) mass is 204 g/mol. The smallest absolute Gasteiger partial charge is 0.201 e. The fourth-order valence-electron chi connectivity index (χ4n) is 1.29. The molecule has 5 nitrogen and oxygen atoms in total. The molecule has 1 aromatic heterocycles. The topological polar surface area (TPSA) is 83.8 Å². The van der Waals surface area contributed by atoms with Crippen LogP contribution in [0.4, 0.5) is 5.95 Å². The van der Waals surface area contributed by atoms with Crippen molar-refractivity contribution in [3.8, 4) is 0 Å². The maximum atomic E-state index is 11.0. The Hall–Kier alpha value is -1.88. The number of nitrogens with two attached hydrogens (primary N) is 1. The standard InChI is InChI=1S/C10H12N4O/c11-5-7(15)6-12-10-13-8-3-1-2-4-9(8)14-10/h1-4H,5-6,11H2,(H2,12,13,14). The van der Waals surface area contributed by atoms with Crippen LogP contribution in [0.2, 0.25) is 0 Å².